The monoisotopic (exact) mass is 236 g/mol. The number of carbonyl (C=O) groups excluding carboxylic acids is 1. The van der Waals surface area contributed by atoms with Gasteiger partial charge < -0.3 is 9.84 Å². The standard InChI is InChI=1S/C14H20O3/c1-3-17-13(16)14(2,9-10-15)11-12-7-5-4-6-8-12/h4-8,15H,3,9-11H2,1-2H3. The van der Waals surface area contributed by atoms with E-state index in [1.807, 2.05) is 37.3 Å². The lowest BCUT2D eigenvalue weighted by atomic mass is 9.81. The second kappa shape index (κ2) is 6.40. The van der Waals surface area contributed by atoms with Crippen LogP contribution in [0.2, 0.25) is 0 Å². The molecule has 3 nitrogen and oxygen atoms in total. The maximum absolute atomic E-state index is 11.9. The first-order chi connectivity index (χ1) is 8.12. The molecular formula is C14H20O3. The maximum Gasteiger partial charge on any atom is 0.312 e. The second-order valence-corrected chi connectivity index (χ2v) is 4.42. The summed E-state index contributed by atoms with van der Waals surface area (Å²) in [7, 11) is 0. The van der Waals surface area contributed by atoms with Gasteiger partial charge in [0.15, 0.2) is 0 Å². The fraction of sp³-hybridized carbons (Fsp3) is 0.500. The summed E-state index contributed by atoms with van der Waals surface area (Å²) < 4.78 is 5.08. The molecule has 0 amide bonds. The molecule has 1 rings (SSSR count). The zero-order valence-corrected chi connectivity index (χ0v) is 10.5. The van der Waals surface area contributed by atoms with Crippen LogP contribution in [-0.2, 0) is 16.0 Å². The first-order valence-electron chi connectivity index (χ1n) is 5.94. The molecule has 1 aromatic carbocycles. The highest BCUT2D eigenvalue weighted by atomic mass is 16.5. The summed E-state index contributed by atoms with van der Waals surface area (Å²) in [6, 6.07) is 9.79. The van der Waals surface area contributed by atoms with Gasteiger partial charge >= 0.3 is 5.97 Å². The van der Waals surface area contributed by atoms with E-state index in [0.717, 1.165) is 5.56 Å². The van der Waals surface area contributed by atoms with Crippen LogP contribution in [-0.4, -0.2) is 24.3 Å². The van der Waals surface area contributed by atoms with Crippen molar-refractivity contribution in [2.45, 2.75) is 26.7 Å². The van der Waals surface area contributed by atoms with E-state index in [4.69, 9.17) is 9.84 Å². The van der Waals surface area contributed by atoms with Gasteiger partial charge in [-0.15, -0.1) is 0 Å². The van der Waals surface area contributed by atoms with Crippen molar-refractivity contribution in [2.24, 2.45) is 5.41 Å². The molecule has 1 N–H and O–H groups in total. The fourth-order valence-corrected chi connectivity index (χ4v) is 1.86. The Hall–Kier alpha value is -1.35. The van der Waals surface area contributed by atoms with Crippen molar-refractivity contribution < 1.29 is 14.6 Å². The Morgan fingerprint density at radius 3 is 2.53 bits per heavy atom. The average Bonchev–Trinajstić information content (AvgIpc) is 2.31. The molecular weight excluding hydrogens is 216 g/mol. The summed E-state index contributed by atoms with van der Waals surface area (Å²) in [6.07, 6.45) is 1.01. The smallest absolute Gasteiger partial charge is 0.312 e. The van der Waals surface area contributed by atoms with Gasteiger partial charge in [0.2, 0.25) is 0 Å². The Balaban J connectivity index is 2.81. The Labute approximate surface area is 102 Å². The molecule has 0 aromatic heterocycles. The van der Waals surface area contributed by atoms with E-state index in [2.05, 4.69) is 0 Å². The first kappa shape index (κ1) is 13.7. The van der Waals surface area contributed by atoms with Crippen molar-refractivity contribution >= 4 is 5.97 Å². The van der Waals surface area contributed by atoms with Crippen LogP contribution in [0.1, 0.15) is 25.8 Å². The molecule has 17 heavy (non-hydrogen) atoms. The number of hydrogen-bond donors (Lipinski definition) is 1. The highest BCUT2D eigenvalue weighted by Gasteiger charge is 2.34. The van der Waals surface area contributed by atoms with Gasteiger partial charge in [0, 0.05) is 6.61 Å². The molecule has 0 saturated heterocycles. The fourth-order valence-electron chi connectivity index (χ4n) is 1.86. The Morgan fingerprint density at radius 2 is 2.00 bits per heavy atom. The summed E-state index contributed by atoms with van der Waals surface area (Å²) in [5.41, 5.74) is 0.433. The van der Waals surface area contributed by atoms with Crippen molar-refractivity contribution in [1.29, 1.82) is 0 Å². The largest absolute Gasteiger partial charge is 0.466 e. The molecule has 94 valence electrons. The van der Waals surface area contributed by atoms with Gasteiger partial charge in [-0.3, -0.25) is 4.79 Å². The zero-order chi connectivity index (χ0) is 12.7. The Morgan fingerprint density at radius 1 is 1.35 bits per heavy atom. The van der Waals surface area contributed by atoms with Gasteiger partial charge in [0.05, 0.1) is 12.0 Å². The van der Waals surface area contributed by atoms with Crippen LogP contribution in [0.5, 0.6) is 0 Å². The van der Waals surface area contributed by atoms with Crippen molar-refractivity contribution in [3.05, 3.63) is 35.9 Å². The summed E-state index contributed by atoms with van der Waals surface area (Å²) in [5, 5.41) is 9.09. The summed E-state index contributed by atoms with van der Waals surface area (Å²) in [6.45, 7) is 3.99. The van der Waals surface area contributed by atoms with E-state index in [-0.39, 0.29) is 12.6 Å². The van der Waals surface area contributed by atoms with Gasteiger partial charge in [-0.1, -0.05) is 30.3 Å². The lowest BCUT2D eigenvalue weighted by molar-refractivity contribution is -0.155. The SMILES string of the molecule is CCOC(=O)C(C)(CCO)Cc1ccccc1. The van der Waals surface area contributed by atoms with Crippen molar-refractivity contribution in [3.8, 4) is 0 Å². The van der Waals surface area contributed by atoms with Gasteiger partial charge in [-0.25, -0.2) is 0 Å². The molecule has 0 saturated carbocycles. The second-order valence-electron chi connectivity index (χ2n) is 4.42. The summed E-state index contributed by atoms with van der Waals surface area (Å²) in [4.78, 5) is 11.9. The van der Waals surface area contributed by atoms with E-state index < -0.39 is 5.41 Å². The van der Waals surface area contributed by atoms with Crippen molar-refractivity contribution in [1.82, 2.24) is 0 Å². The highest BCUT2D eigenvalue weighted by Crippen LogP contribution is 2.28. The van der Waals surface area contributed by atoms with Crippen LogP contribution in [0, 0.1) is 5.41 Å². The minimum atomic E-state index is -0.647. The minimum absolute atomic E-state index is 0.0118. The van der Waals surface area contributed by atoms with Gasteiger partial charge in [0.25, 0.3) is 0 Å². The molecule has 0 aliphatic heterocycles. The lowest BCUT2D eigenvalue weighted by Gasteiger charge is -2.26. The molecule has 0 aliphatic carbocycles. The van der Waals surface area contributed by atoms with Crippen LogP contribution >= 0.6 is 0 Å². The number of aliphatic hydroxyl groups is 1. The molecule has 3 heteroatoms. The quantitative estimate of drug-likeness (QED) is 0.770. The topological polar surface area (TPSA) is 46.5 Å². The van der Waals surface area contributed by atoms with Crippen molar-refractivity contribution in [3.63, 3.8) is 0 Å². The number of esters is 1. The summed E-state index contributed by atoms with van der Waals surface area (Å²) >= 11 is 0. The normalized spacial score (nSPS) is 14.1. The number of aliphatic hydroxyl groups excluding tert-OH is 1. The molecule has 0 fully saturated rings. The predicted octanol–water partition coefficient (Wildman–Crippen LogP) is 2.18. The van der Waals surface area contributed by atoms with E-state index in [9.17, 15) is 4.79 Å². The lowest BCUT2D eigenvalue weighted by Crippen LogP contribution is -2.33. The van der Waals surface area contributed by atoms with Gasteiger partial charge in [0.1, 0.15) is 0 Å². The Bertz CT molecular complexity index is 348. The minimum Gasteiger partial charge on any atom is -0.466 e. The molecule has 0 spiro atoms. The zero-order valence-electron chi connectivity index (χ0n) is 10.5. The van der Waals surface area contributed by atoms with Crippen LogP contribution < -0.4 is 0 Å². The number of hydrogen-bond acceptors (Lipinski definition) is 3. The Kier molecular flexibility index (Phi) is 5.16. The third-order valence-electron chi connectivity index (χ3n) is 2.87. The van der Waals surface area contributed by atoms with E-state index >= 15 is 0 Å². The number of benzene rings is 1. The molecule has 1 atom stereocenters. The van der Waals surface area contributed by atoms with Gasteiger partial charge in [-0.2, -0.15) is 0 Å². The molecule has 0 aliphatic rings. The third kappa shape index (κ3) is 3.86. The first-order valence-corrected chi connectivity index (χ1v) is 5.94. The van der Waals surface area contributed by atoms with Crippen molar-refractivity contribution in [2.75, 3.05) is 13.2 Å². The van der Waals surface area contributed by atoms with Crippen LogP contribution in [0.4, 0.5) is 0 Å². The van der Waals surface area contributed by atoms with E-state index in [1.54, 1.807) is 6.92 Å². The third-order valence-corrected chi connectivity index (χ3v) is 2.87. The van der Waals surface area contributed by atoms with Crippen LogP contribution in [0.15, 0.2) is 30.3 Å². The van der Waals surface area contributed by atoms with Gasteiger partial charge in [-0.05, 0) is 32.3 Å². The molecule has 1 unspecified atom stereocenters. The number of carbonyl (C=O) groups is 1. The number of rotatable bonds is 6. The summed E-state index contributed by atoms with van der Waals surface area (Å²) in [5.74, 6) is -0.238. The molecule has 1 aromatic rings. The van der Waals surface area contributed by atoms with E-state index in [1.165, 1.54) is 0 Å². The van der Waals surface area contributed by atoms with E-state index in [0.29, 0.717) is 19.4 Å². The number of ether oxygens (including phenoxy) is 1. The molecule has 0 bridgehead atoms. The maximum atomic E-state index is 11.9. The highest BCUT2D eigenvalue weighted by molar-refractivity contribution is 5.76. The molecule has 0 heterocycles. The molecule has 0 radical (unpaired) electrons. The van der Waals surface area contributed by atoms with Crippen LogP contribution in [0.3, 0.4) is 0 Å². The van der Waals surface area contributed by atoms with Crippen LogP contribution in [0.25, 0.3) is 0 Å². The predicted molar refractivity (Wildman–Crippen MR) is 66.6 cm³/mol. The average molecular weight is 236 g/mol.